The molecule has 19 heavy (non-hydrogen) atoms. The molecule has 4 heteroatoms. The molecule has 1 aliphatic rings. The molecule has 3 nitrogen and oxygen atoms in total. The van der Waals surface area contributed by atoms with Gasteiger partial charge in [-0.05, 0) is 30.0 Å². The molecule has 1 unspecified atom stereocenters. The van der Waals surface area contributed by atoms with Crippen molar-refractivity contribution in [2.75, 3.05) is 13.1 Å². The zero-order valence-corrected chi connectivity index (χ0v) is 12.2. The maximum absolute atomic E-state index is 12.7. The van der Waals surface area contributed by atoms with E-state index in [1.165, 1.54) is 0 Å². The molecule has 2 atom stereocenters. The van der Waals surface area contributed by atoms with Crippen molar-refractivity contribution in [3.63, 3.8) is 0 Å². The summed E-state index contributed by atoms with van der Waals surface area (Å²) in [6.45, 7) is 5.57. The molecule has 2 rings (SSSR count). The predicted octanol–water partition coefficient (Wildman–Crippen LogP) is 2.64. The molecular formula is C15H21ClN2O. The third-order valence-electron chi connectivity index (χ3n) is 3.68. The lowest BCUT2D eigenvalue weighted by molar-refractivity contribution is -0.132. The zero-order chi connectivity index (χ0) is 14.0. The fourth-order valence-corrected chi connectivity index (χ4v) is 2.90. The van der Waals surface area contributed by atoms with Crippen molar-refractivity contribution in [3.8, 4) is 0 Å². The molecule has 0 bridgehead atoms. The average Bonchev–Trinajstić information content (AvgIpc) is 2.75. The van der Waals surface area contributed by atoms with Gasteiger partial charge in [0.1, 0.15) is 0 Å². The first-order valence-corrected chi connectivity index (χ1v) is 7.16. The SMILES string of the molecule is CC(C)C(C(=O)N1CC[C@@H](N)C1)c1cccc(Cl)c1. The van der Waals surface area contributed by atoms with E-state index >= 15 is 0 Å². The number of likely N-dealkylation sites (tertiary alicyclic amines) is 1. The van der Waals surface area contributed by atoms with E-state index in [0.29, 0.717) is 11.6 Å². The Morgan fingerprint density at radius 2 is 2.21 bits per heavy atom. The van der Waals surface area contributed by atoms with Crippen LogP contribution in [0.1, 0.15) is 31.7 Å². The Morgan fingerprint density at radius 1 is 1.47 bits per heavy atom. The minimum atomic E-state index is -0.135. The predicted molar refractivity (Wildman–Crippen MR) is 78.2 cm³/mol. The van der Waals surface area contributed by atoms with Crippen molar-refractivity contribution >= 4 is 17.5 Å². The number of carbonyl (C=O) groups excluding carboxylic acids is 1. The highest BCUT2D eigenvalue weighted by atomic mass is 35.5. The monoisotopic (exact) mass is 280 g/mol. The van der Waals surface area contributed by atoms with Crippen LogP contribution in [-0.2, 0) is 4.79 Å². The van der Waals surface area contributed by atoms with E-state index in [0.717, 1.165) is 18.5 Å². The fraction of sp³-hybridized carbons (Fsp3) is 0.533. The number of carbonyl (C=O) groups is 1. The second-order valence-corrected chi connectivity index (χ2v) is 6.05. The van der Waals surface area contributed by atoms with Crippen LogP contribution in [0.15, 0.2) is 24.3 Å². The van der Waals surface area contributed by atoms with Crippen molar-refractivity contribution in [1.82, 2.24) is 4.90 Å². The van der Waals surface area contributed by atoms with Gasteiger partial charge in [0.15, 0.2) is 0 Å². The summed E-state index contributed by atoms with van der Waals surface area (Å²) in [5.41, 5.74) is 6.88. The summed E-state index contributed by atoms with van der Waals surface area (Å²) < 4.78 is 0. The van der Waals surface area contributed by atoms with E-state index in [-0.39, 0.29) is 23.8 Å². The van der Waals surface area contributed by atoms with Crippen LogP contribution in [-0.4, -0.2) is 29.9 Å². The molecule has 0 aromatic heterocycles. The summed E-state index contributed by atoms with van der Waals surface area (Å²) in [6.07, 6.45) is 0.895. The number of benzene rings is 1. The Labute approximate surface area is 119 Å². The maximum Gasteiger partial charge on any atom is 0.230 e. The first-order valence-electron chi connectivity index (χ1n) is 6.79. The summed E-state index contributed by atoms with van der Waals surface area (Å²) in [4.78, 5) is 14.6. The van der Waals surface area contributed by atoms with E-state index in [1.807, 2.05) is 29.2 Å². The number of rotatable bonds is 3. The molecular weight excluding hydrogens is 260 g/mol. The van der Waals surface area contributed by atoms with Gasteiger partial charge in [-0.15, -0.1) is 0 Å². The summed E-state index contributed by atoms with van der Waals surface area (Å²) in [5.74, 6) is 0.275. The number of hydrogen-bond acceptors (Lipinski definition) is 2. The molecule has 1 heterocycles. The van der Waals surface area contributed by atoms with Crippen molar-refractivity contribution in [2.45, 2.75) is 32.2 Å². The molecule has 2 N–H and O–H groups in total. The Bertz CT molecular complexity index is 461. The molecule has 1 aromatic carbocycles. The molecule has 0 radical (unpaired) electrons. The number of amides is 1. The van der Waals surface area contributed by atoms with Crippen LogP contribution in [0, 0.1) is 5.92 Å². The van der Waals surface area contributed by atoms with Gasteiger partial charge in [-0.25, -0.2) is 0 Å². The third kappa shape index (κ3) is 3.28. The standard InChI is InChI=1S/C15H21ClN2O/c1-10(2)14(11-4-3-5-12(16)8-11)15(19)18-7-6-13(17)9-18/h3-5,8,10,13-14H,6-7,9,17H2,1-2H3/t13-,14?/m1/s1. The second kappa shape index (κ2) is 5.93. The van der Waals surface area contributed by atoms with E-state index in [4.69, 9.17) is 17.3 Å². The summed E-state index contributed by atoms with van der Waals surface area (Å²) in [6, 6.07) is 7.72. The van der Waals surface area contributed by atoms with Crippen molar-refractivity contribution in [1.29, 1.82) is 0 Å². The molecule has 0 aliphatic carbocycles. The van der Waals surface area contributed by atoms with Crippen LogP contribution in [0.5, 0.6) is 0 Å². The minimum Gasteiger partial charge on any atom is -0.341 e. The topological polar surface area (TPSA) is 46.3 Å². The molecule has 1 aliphatic heterocycles. The molecule has 1 fully saturated rings. The highest BCUT2D eigenvalue weighted by Gasteiger charge is 2.32. The lowest BCUT2D eigenvalue weighted by Crippen LogP contribution is -2.37. The number of nitrogens with two attached hydrogens (primary N) is 1. The third-order valence-corrected chi connectivity index (χ3v) is 3.91. The van der Waals surface area contributed by atoms with Gasteiger partial charge in [0.25, 0.3) is 0 Å². The quantitative estimate of drug-likeness (QED) is 0.925. The first-order chi connectivity index (χ1) is 8.99. The number of halogens is 1. The van der Waals surface area contributed by atoms with Crippen LogP contribution in [0.2, 0.25) is 5.02 Å². The van der Waals surface area contributed by atoms with Crippen LogP contribution in [0.3, 0.4) is 0 Å². The van der Waals surface area contributed by atoms with Crippen molar-refractivity contribution in [2.24, 2.45) is 11.7 Å². The minimum absolute atomic E-state index is 0.121. The number of nitrogens with zero attached hydrogens (tertiary/aromatic N) is 1. The van der Waals surface area contributed by atoms with Gasteiger partial charge in [0.2, 0.25) is 5.91 Å². The van der Waals surface area contributed by atoms with Gasteiger partial charge in [-0.3, -0.25) is 4.79 Å². The molecule has 0 saturated carbocycles. The second-order valence-electron chi connectivity index (χ2n) is 5.61. The van der Waals surface area contributed by atoms with Crippen molar-refractivity contribution < 1.29 is 4.79 Å². The van der Waals surface area contributed by atoms with Gasteiger partial charge in [0, 0.05) is 24.2 Å². The first kappa shape index (κ1) is 14.4. The molecule has 104 valence electrons. The van der Waals surface area contributed by atoms with E-state index < -0.39 is 0 Å². The highest BCUT2D eigenvalue weighted by molar-refractivity contribution is 6.30. The van der Waals surface area contributed by atoms with E-state index in [2.05, 4.69) is 13.8 Å². The molecule has 1 amide bonds. The normalized spacial score (nSPS) is 20.9. The zero-order valence-electron chi connectivity index (χ0n) is 11.5. The van der Waals surface area contributed by atoms with Crippen LogP contribution >= 0.6 is 11.6 Å². The smallest absolute Gasteiger partial charge is 0.230 e. The van der Waals surface area contributed by atoms with E-state index in [9.17, 15) is 4.79 Å². The van der Waals surface area contributed by atoms with Gasteiger partial charge in [0.05, 0.1) is 5.92 Å². The van der Waals surface area contributed by atoms with Gasteiger partial charge < -0.3 is 10.6 Å². The van der Waals surface area contributed by atoms with Gasteiger partial charge in [-0.1, -0.05) is 37.6 Å². The lowest BCUT2D eigenvalue weighted by Gasteiger charge is -2.26. The summed E-state index contributed by atoms with van der Waals surface area (Å²) in [5, 5.41) is 0.675. The molecule has 1 saturated heterocycles. The average molecular weight is 281 g/mol. The number of hydrogen-bond donors (Lipinski definition) is 1. The van der Waals surface area contributed by atoms with Crippen LogP contribution < -0.4 is 5.73 Å². The summed E-state index contributed by atoms with van der Waals surface area (Å²) in [7, 11) is 0. The Kier molecular flexibility index (Phi) is 4.48. The lowest BCUT2D eigenvalue weighted by atomic mass is 9.87. The van der Waals surface area contributed by atoms with Gasteiger partial charge >= 0.3 is 0 Å². The Morgan fingerprint density at radius 3 is 2.74 bits per heavy atom. The van der Waals surface area contributed by atoms with Gasteiger partial charge in [-0.2, -0.15) is 0 Å². The maximum atomic E-state index is 12.7. The molecule has 1 aromatic rings. The Balaban J connectivity index is 2.23. The molecule has 0 spiro atoms. The highest BCUT2D eigenvalue weighted by Crippen LogP contribution is 2.29. The summed E-state index contributed by atoms with van der Waals surface area (Å²) >= 11 is 6.04. The van der Waals surface area contributed by atoms with Crippen LogP contribution in [0.25, 0.3) is 0 Å². The Hall–Kier alpha value is -1.06. The fourth-order valence-electron chi connectivity index (χ4n) is 2.70. The van der Waals surface area contributed by atoms with Crippen LogP contribution in [0.4, 0.5) is 0 Å². The van der Waals surface area contributed by atoms with E-state index in [1.54, 1.807) is 0 Å². The largest absolute Gasteiger partial charge is 0.341 e. The van der Waals surface area contributed by atoms with Crippen molar-refractivity contribution in [3.05, 3.63) is 34.9 Å².